The van der Waals surface area contributed by atoms with Gasteiger partial charge in [0, 0.05) is 6.04 Å². The molecule has 102 valence electrons. The van der Waals surface area contributed by atoms with E-state index in [-0.39, 0.29) is 11.9 Å². The quantitative estimate of drug-likeness (QED) is 0.754. The van der Waals surface area contributed by atoms with Gasteiger partial charge in [0.05, 0.1) is 6.61 Å². The molecule has 1 unspecified atom stereocenters. The molecule has 2 nitrogen and oxygen atoms in total. The Morgan fingerprint density at radius 3 is 2.61 bits per heavy atom. The molecule has 0 amide bonds. The SMILES string of the molecule is CC(C)CCCOc1c(F)cccc1CC(C)N. The zero-order chi connectivity index (χ0) is 13.5. The summed E-state index contributed by atoms with van der Waals surface area (Å²) in [6, 6.07) is 5.02. The second-order valence-corrected chi connectivity index (χ2v) is 5.29. The van der Waals surface area contributed by atoms with E-state index in [9.17, 15) is 4.39 Å². The Bertz CT molecular complexity index is 364. The molecule has 0 aliphatic rings. The highest BCUT2D eigenvalue weighted by molar-refractivity contribution is 5.35. The van der Waals surface area contributed by atoms with Gasteiger partial charge in [-0.15, -0.1) is 0 Å². The molecule has 0 aromatic heterocycles. The van der Waals surface area contributed by atoms with Crippen LogP contribution in [0.25, 0.3) is 0 Å². The van der Waals surface area contributed by atoms with E-state index in [2.05, 4.69) is 13.8 Å². The Balaban J connectivity index is 2.62. The number of para-hydroxylation sites is 1. The average Bonchev–Trinajstić information content (AvgIpc) is 2.26. The first-order valence-electron chi connectivity index (χ1n) is 6.66. The number of hydrogen-bond donors (Lipinski definition) is 1. The molecular formula is C15H24FNO. The molecule has 1 atom stereocenters. The summed E-state index contributed by atoms with van der Waals surface area (Å²) in [5.74, 6) is 0.731. The Morgan fingerprint density at radius 2 is 2.00 bits per heavy atom. The standard InChI is InChI=1S/C15H24FNO/c1-11(2)6-5-9-18-15-13(10-12(3)17)7-4-8-14(15)16/h4,7-8,11-12H,5-6,9-10,17H2,1-3H3. The summed E-state index contributed by atoms with van der Waals surface area (Å²) in [6.45, 7) is 6.81. The van der Waals surface area contributed by atoms with Crippen molar-refractivity contribution in [2.75, 3.05) is 6.61 Å². The molecular weight excluding hydrogens is 229 g/mol. The minimum absolute atomic E-state index is 0.00446. The molecule has 1 aromatic carbocycles. The Hall–Kier alpha value is -1.09. The van der Waals surface area contributed by atoms with Crippen LogP contribution in [0.3, 0.4) is 0 Å². The van der Waals surface area contributed by atoms with Gasteiger partial charge < -0.3 is 10.5 Å². The summed E-state index contributed by atoms with van der Waals surface area (Å²) in [5.41, 5.74) is 6.62. The maximum Gasteiger partial charge on any atom is 0.165 e. The molecule has 0 radical (unpaired) electrons. The lowest BCUT2D eigenvalue weighted by Gasteiger charge is -2.14. The lowest BCUT2D eigenvalue weighted by Crippen LogP contribution is -2.18. The van der Waals surface area contributed by atoms with Crippen LogP contribution in [-0.2, 0) is 6.42 Å². The van der Waals surface area contributed by atoms with Crippen molar-refractivity contribution in [3.05, 3.63) is 29.6 Å². The fraction of sp³-hybridized carbons (Fsp3) is 0.600. The molecule has 18 heavy (non-hydrogen) atoms. The van der Waals surface area contributed by atoms with Crippen molar-refractivity contribution in [2.45, 2.75) is 46.1 Å². The fourth-order valence-corrected chi connectivity index (χ4v) is 1.89. The molecule has 0 aliphatic heterocycles. The Kier molecular flexibility index (Phi) is 6.13. The zero-order valence-corrected chi connectivity index (χ0v) is 11.6. The summed E-state index contributed by atoms with van der Waals surface area (Å²) in [6.07, 6.45) is 2.68. The van der Waals surface area contributed by atoms with E-state index in [1.807, 2.05) is 13.0 Å². The molecule has 0 saturated heterocycles. The average molecular weight is 253 g/mol. The van der Waals surface area contributed by atoms with Gasteiger partial charge in [-0.25, -0.2) is 4.39 Å². The second kappa shape index (κ2) is 7.37. The van der Waals surface area contributed by atoms with Crippen LogP contribution in [-0.4, -0.2) is 12.6 Å². The van der Waals surface area contributed by atoms with Crippen molar-refractivity contribution in [3.8, 4) is 5.75 Å². The highest BCUT2D eigenvalue weighted by atomic mass is 19.1. The first-order chi connectivity index (χ1) is 8.50. The monoisotopic (exact) mass is 253 g/mol. The minimum atomic E-state index is -0.294. The number of hydrogen-bond acceptors (Lipinski definition) is 2. The molecule has 2 N–H and O–H groups in total. The number of rotatable bonds is 7. The molecule has 0 bridgehead atoms. The maximum absolute atomic E-state index is 13.7. The van der Waals surface area contributed by atoms with Crippen LogP contribution in [0.5, 0.6) is 5.75 Å². The second-order valence-electron chi connectivity index (χ2n) is 5.29. The molecule has 0 saturated carbocycles. The number of nitrogens with two attached hydrogens (primary N) is 1. The van der Waals surface area contributed by atoms with Gasteiger partial charge in [-0.3, -0.25) is 0 Å². The number of halogens is 1. The maximum atomic E-state index is 13.7. The fourth-order valence-electron chi connectivity index (χ4n) is 1.89. The van der Waals surface area contributed by atoms with Crippen LogP contribution >= 0.6 is 0 Å². The summed E-state index contributed by atoms with van der Waals surface area (Å²) in [7, 11) is 0. The predicted molar refractivity (Wildman–Crippen MR) is 73.3 cm³/mol. The number of ether oxygens (including phenoxy) is 1. The molecule has 0 aliphatic carbocycles. The smallest absolute Gasteiger partial charge is 0.165 e. The van der Waals surface area contributed by atoms with Crippen molar-refractivity contribution >= 4 is 0 Å². The molecule has 3 heteroatoms. The highest BCUT2D eigenvalue weighted by Crippen LogP contribution is 2.24. The van der Waals surface area contributed by atoms with Gasteiger partial charge in [-0.1, -0.05) is 26.0 Å². The van der Waals surface area contributed by atoms with Crippen molar-refractivity contribution in [3.63, 3.8) is 0 Å². The van der Waals surface area contributed by atoms with Crippen molar-refractivity contribution < 1.29 is 9.13 Å². The van der Waals surface area contributed by atoms with Crippen molar-refractivity contribution in [1.29, 1.82) is 0 Å². The van der Waals surface area contributed by atoms with Gasteiger partial charge in [0.25, 0.3) is 0 Å². The predicted octanol–water partition coefficient (Wildman–Crippen LogP) is 3.53. The molecule has 0 fully saturated rings. The molecule has 1 aromatic rings. The van der Waals surface area contributed by atoms with Gasteiger partial charge in [-0.05, 0) is 43.7 Å². The van der Waals surface area contributed by atoms with Gasteiger partial charge in [0.1, 0.15) is 0 Å². The van der Waals surface area contributed by atoms with Crippen molar-refractivity contribution in [2.24, 2.45) is 11.7 Å². The summed E-state index contributed by atoms with van der Waals surface area (Å²) >= 11 is 0. The summed E-state index contributed by atoms with van der Waals surface area (Å²) < 4.78 is 19.3. The topological polar surface area (TPSA) is 35.2 Å². The third kappa shape index (κ3) is 5.05. The van der Waals surface area contributed by atoms with E-state index in [0.717, 1.165) is 18.4 Å². The largest absolute Gasteiger partial charge is 0.490 e. The summed E-state index contributed by atoms with van der Waals surface area (Å²) in [4.78, 5) is 0. The van der Waals surface area contributed by atoms with Crippen LogP contribution in [0.4, 0.5) is 4.39 Å². The third-order valence-corrected chi connectivity index (χ3v) is 2.76. The van der Waals surface area contributed by atoms with Crippen LogP contribution in [0.15, 0.2) is 18.2 Å². The number of benzene rings is 1. The van der Waals surface area contributed by atoms with Crippen LogP contribution in [0.2, 0.25) is 0 Å². The van der Waals surface area contributed by atoms with Crippen LogP contribution in [0.1, 0.15) is 39.2 Å². The lowest BCUT2D eigenvalue weighted by molar-refractivity contribution is 0.281. The van der Waals surface area contributed by atoms with E-state index >= 15 is 0 Å². The van der Waals surface area contributed by atoms with E-state index in [1.165, 1.54) is 6.07 Å². The van der Waals surface area contributed by atoms with E-state index in [4.69, 9.17) is 10.5 Å². The molecule has 0 heterocycles. The molecule has 0 spiro atoms. The summed E-state index contributed by atoms with van der Waals surface area (Å²) in [5, 5.41) is 0. The van der Waals surface area contributed by atoms with Crippen LogP contribution in [0, 0.1) is 11.7 Å². The third-order valence-electron chi connectivity index (χ3n) is 2.76. The van der Waals surface area contributed by atoms with E-state index in [1.54, 1.807) is 6.07 Å². The first kappa shape index (κ1) is 15.0. The Morgan fingerprint density at radius 1 is 1.28 bits per heavy atom. The van der Waals surface area contributed by atoms with E-state index in [0.29, 0.717) is 24.7 Å². The zero-order valence-electron chi connectivity index (χ0n) is 11.6. The minimum Gasteiger partial charge on any atom is -0.490 e. The normalized spacial score (nSPS) is 12.8. The highest BCUT2D eigenvalue weighted by Gasteiger charge is 2.11. The lowest BCUT2D eigenvalue weighted by atomic mass is 10.1. The van der Waals surface area contributed by atoms with Crippen LogP contribution < -0.4 is 10.5 Å². The first-order valence-corrected chi connectivity index (χ1v) is 6.66. The van der Waals surface area contributed by atoms with Gasteiger partial charge >= 0.3 is 0 Å². The van der Waals surface area contributed by atoms with Gasteiger partial charge in [0.15, 0.2) is 11.6 Å². The van der Waals surface area contributed by atoms with Crippen molar-refractivity contribution in [1.82, 2.24) is 0 Å². The van der Waals surface area contributed by atoms with E-state index < -0.39 is 0 Å². The Labute approximate surface area is 109 Å². The van der Waals surface area contributed by atoms with Gasteiger partial charge in [0.2, 0.25) is 0 Å². The van der Waals surface area contributed by atoms with Gasteiger partial charge in [-0.2, -0.15) is 0 Å². The molecule has 1 rings (SSSR count).